The van der Waals surface area contributed by atoms with Crippen molar-refractivity contribution in [2.45, 2.75) is 6.92 Å². The largest absolute Gasteiger partial charge is 0.497 e. The molecule has 0 aliphatic carbocycles. The topological polar surface area (TPSA) is 48.0 Å². The van der Waals surface area contributed by atoms with Crippen LogP contribution < -0.4 is 14.2 Å². The molecule has 0 unspecified atom stereocenters. The van der Waals surface area contributed by atoms with Crippen molar-refractivity contribution >= 4 is 40.3 Å². The first-order chi connectivity index (χ1) is 13.6. The summed E-state index contributed by atoms with van der Waals surface area (Å²) in [6, 6.07) is 15.0. The Hall–Kier alpha value is -2.51. The van der Waals surface area contributed by atoms with Gasteiger partial charge in [-0.1, -0.05) is 36.1 Å². The molecular formula is C21H21NO4S2. The van der Waals surface area contributed by atoms with E-state index in [0.29, 0.717) is 29.0 Å². The van der Waals surface area contributed by atoms with E-state index in [1.807, 2.05) is 61.5 Å². The van der Waals surface area contributed by atoms with Gasteiger partial charge in [-0.25, -0.2) is 0 Å². The summed E-state index contributed by atoms with van der Waals surface area (Å²) in [5.41, 5.74) is 0.929. The summed E-state index contributed by atoms with van der Waals surface area (Å²) in [6.45, 7) is 3.37. The van der Waals surface area contributed by atoms with Gasteiger partial charge in [0.15, 0.2) is 0 Å². The number of rotatable bonds is 8. The molecule has 1 fully saturated rings. The molecule has 0 N–H and O–H groups in total. The molecule has 1 aliphatic rings. The Labute approximate surface area is 174 Å². The van der Waals surface area contributed by atoms with Crippen molar-refractivity contribution in [3.8, 4) is 17.2 Å². The van der Waals surface area contributed by atoms with E-state index in [4.69, 9.17) is 26.4 Å². The number of hydrogen-bond donors (Lipinski definition) is 0. The lowest BCUT2D eigenvalue weighted by Gasteiger charge is -2.09. The predicted octanol–water partition coefficient (Wildman–Crippen LogP) is 4.37. The van der Waals surface area contributed by atoms with Gasteiger partial charge in [0.2, 0.25) is 0 Å². The van der Waals surface area contributed by atoms with E-state index in [0.717, 1.165) is 22.8 Å². The molecule has 1 heterocycles. The minimum atomic E-state index is -0.0338. The van der Waals surface area contributed by atoms with Crippen molar-refractivity contribution in [3.63, 3.8) is 0 Å². The molecule has 1 saturated heterocycles. The molecule has 28 heavy (non-hydrogen) atoms. The highest BCUT2D eigenvalue weighted by Crippen LogP contribution is 2.32. The zero-order valence-corrected chi connectivity index (χ0v) is 17.3. The van der Waals surface area contributed by atoms with Crippen LogP contribution >= 0.6 is 24.0 Å². The zero-order valence-electron chi connectivity index (χ0n) is 15.7. The molecule has 5 nitrogen and oxygen atoms in total. The molecular weight excluding hydrogens is 394 g/mol. The average Bonchev–Trinajstić information content (AvgIpc) is 2.99. The Morgan fingerprint density at radius 2 is 1.50 bits per heavy atom. The summed E-state index contributed by atoms with van der Waals surface area (Å²) >= 11 is 6.56. The number of benzene rings is 2. The number of amides is 1. The molecule has 1 aliphatic heterocycles. The number of carbonyl (C=O) groups excluding carboxylic acids is 1. The quantitative estimate of drug-likeness (QED) is 0.362. The van der Waals surface area contributed by atoms with Gasteiger partial charge < -0.3 is 14.2 Å². The van der Waals surface area contributed by atoms with Crippen LogP contribution in [0.2, 0.25) is 0 Å². The monoisotopic (exact) mass is 415 g/mol. The fourth-order valence-electron chi connectivity index (χ4n) is 2.58. The second-order valence-electron chi connectivity index (χ2n) is 5.87. The van der Waals surface area contributed by atoms with E-state index in [2.05, 4.69) is 0 Å². The maximum atomic E-state index is 12.2. The third kappa shape index (κ3) is 5.05. The van der Waals surface area contributed by atoms with Crippen LogP contribution in [-0.4, -0.2) is 42.0 Å². The highest BCUT2D eigenvalue weighted by molar-refractivity contribution is 8.26. The van der Waals surface area contributed by atoms with Crippen LogP contribution in [0, 0.1) is 0 Å². The first-order valence-corrected chi connectivity index (χ1v) is 10.1. The maximum Gasteiger partial charge on any atom is 0.266 e. The molecule has 2 aromatic rings. The van der Waals surface area contributed by atoms with E-state index in [1.165, 1.54) is 11.8 Å². The first-order valence-electron chi connectivity index (χ1n) is 8.86. The number of likely N-dealkylation sites (N-methyl/N-ethyl adjacent to an activating group) is 1. The molecule has 0 bridgehead atoms. The fourth-order valence-corrected chi connectivity index (χ4v) is 3.96. The zero-order chi connectivity index (χ0) is 19.9. The number of thiocarbonyl (C=S) groups is 1. The summed E-state index contributed by atoms with van der Waals surface area (Å²) in [5.74, 6) is 2.27. The van der Waals surface area contributed by atoms with Crippen LogP contribution in [0.3, 0.4) is 0 Å². The molecule has 146 valence electrons. The van der Waals surface area contributed by atoms with Crippen molar-refractivity contribution in [1.82, 2.24) is 4.90 Å². The Bertz CT molecular complexity index is 863. The first kappa shape index (κ1) is 20.2. The van der Waals surface area contributed by atoms with E-state index in [-0.39, 0.29) is 5.91 Å². The minimum absolute atomic E-state index is 0.0338. The predicted molar refractivity (Wildman–Crippen MR) is 116 cm³/mol. The summed E-state index contributed by atoms with van der Waals surface area (Å²) in [4.78, 5) is 14.5. The lowest BCUT2D eigenvalue weighted by atomic mass is 10.2. The molecule has 0 atom stereocenters. The Balaban J connectivity index is 1.48. The van der Waals surface area contributed by atoms with Gasteiger partial charge in [-0.15, -0.1) is 0 Å². The SMILES string of the molecule is CCN1C(=O)/C(=C/c2ccc(OCCOc3ccc(OC)cc3)cc2)SC1=S. The van der Waals surface area contributed by atoms with Gasteiger partial charge in [0.05, 0.1) is 12.0 Å². The number of methoxy groups -OCH3 is 1. The van der Waals surface area contributed by atoms with E-state index >= 15 is 0 Å². The fraction of sp³-hybridized carbons (Fsp3) is 0.238. The normalized spacial score (nSPS) is 15.2. The highest BCUT2D eigenvalue weighted by Gasteiger charge is 2.30. The van der Waals surface area contributed by atoms with Crippen LogP contribution in [0.4, 0.5) is 0 Å². The van der Waals surface area contributed by atoms with Gasteiger partial charge in [0.1, 0.15) is 34.8 Å². The van der Waals surface area contributed by atoms with Crippen molar-refractivity contribution in [2.24, 2.45) is 0 Å². The van der Waals surface area contributed by atoms with Crippen LogP contribution in [0.15, 0.2) is 53.4 Å². The van der Waals surface area contributed by atoms with Crippen LogP contribution in [-0.2, 0) is 4.79 Å². The summed E-state index contributed by atoms with van der Waals surface area (Å²) < 4.78 is 17.1. The van der Waals surface area contributed by atoms with Gasteiger partial charge in [-0.3, -0.25) is 9.69 Å². The maximum absolute atomic E-state index is 12.2. The van der Waals surface area contributed by atoms with Crippen molar-refractivity contribution in [1.29, 1.82) is 0 Å². The third-order valence-corrected chi connectivity index (χ3v) is 5.43. The number of nitrogens with zero attached hydrogens (tertiary/aromatic N) is 1. The van der Waals surface area contributed by atoms with Crippen molar-refractivity contribution in [3.05, 3.63) is 59.0 Å². The minimum Gasteiger partial charge on any atom is -0.497 e. The number of carbonyl (C=O) groups is 1. The highest BCUT2D eigenvalue weighted by atomic mass is 32.2. The van der Waals surface area contributed by atoms with Crippen molar-refractivity contribution in [2.75, 3.05) is 26.9 Å². The summed E-state index contributed by atoms with van der Waals surface area (Å²) in [6.07, 6.45) is 1.85. The van der Waals surface area contributed by atoms with Gasteiger partial charge in [-0.05, 0) is 55.0 Å². The number of hydrogen-bond acceptors (Lipinski definition) is 6. The molecule has 3 rings (SSSR count). The second kappa shape index (κ2) is 9.61. The third-order valence-electron chi connectivity index (χ3n) is 4.05. The second-order valence-corrected chi connectivity index (χ2v) is 7.54. The molecule has 0 saturated carbocycles. The van der Waals surface area contributed by atoms with E-state index in [1.54, 1.807) is 12.0 Å². The lowest BCUT2D eigenvalue weighted by molar-refractivity contribution is -0.121. The van der Waals surface area contributed by atoms with Gasteiger partial charge >= 0.3 is 0 Å². The standard InChI is InChI=1S/C21H21NO4S2/c1-3-22-20(23)19(28-21(22)27)14-15-4-6-17(7-5-15)25-12-13-26-18-10-8-16(24-2)9-11-18/h4-11,14H,3,12-13H2,1-2H3/b19-14-. The van der Waals surface area contributed by atoms with Crippen LogP contribution in [0.5, 0.6) is 17.2 Å². The summed E-state index contributed by atoms with van der Waals surface area (Å²) in [7, 11) is 1.63. The molecule has 0 radical (unpaired) electrons. The smallest absolute Gasteiger partial charge is 0.266 e. The molecule has 7 heteroatoms. The molecule has 2 aromatic carbocycles. The van der Waals surface area contributed by atoms with Crippen molar-refractivity contribution < 1.29 is 19.0 Å². The molecule has 0 spiro atoms. The Morgan fingerprint density at radius 3 is 2.00 bits per heavy atom. The van der Waals surface area contributed by atoms with Gasteiger partial charge in [0.25, 0.3) is 5.91 Å². The van der Waals surface area contributed by atoms with Crippen LogP contribution in [0.25, 0.3) is 6.08 Å². The number of ether oxygens (including phenoxy) is 3. The number of thioether (sulfide) groups is 1. The van der Waals surface area contributed by atoms with E-state index in [9.17, 15) is 4.79 Å². The van der Waals surface area contributed by atoms with Gasteiger partial charge in [0, 0.05) is 6.54 Å². The summed E-state index contributed by atoms with van der Waals surface area (Å²) in [5, 5.41) is 0. The molecule has 0 aromatic heterocycles. The van der Waals surface area contributed by atoms with E-state index < -0.39 is 0 Å². The lowest BCUT2D eigenvalue weighted by Crippen LogP contribution is -2.27. The van der Waals surface area contributed by atoms with Crippen LogP contribution in [0.1, 0.15) is 12.5 Å². The Morgan fingerprint density at radius 1 is 0.964 bits per heavy atom. The Kier molecular flexibility index (Phi) is 6.95. The molecule has 1 amide bonds. The average molecular weight is 416 g/mol. The van der Waals surface area contributed by atoms with Gasteiger partial charge in [-0.2, -0.15) is 0 Å².